The zero-order valence-electron chi connectivity index (χ0n) is 25.8. The van der Waals surface area contributed by atoms with Crippen LogP contribution in [0.3, 0.4) is 0 Å². The first-order chi connectivity index (χ1) is 23.0. The molecule has 2 aliphatic rings. The molecule has 250 valence electrons. The molecule has 5 aromatic rings. The molecule has 0 spiro atoms. The summed E-state index contributed by atoms with van der Waals surface area (Å²) in [5.41, 5.74) is 3.12. The SMILES string of the molecule is FC(F)(F)c1c(-c2cc3c(nn2)CCCCC3)cnn1-c1ccc(Cl)cc1.FC(F)(F)c1ccccc1-c1cc2c(nn1)CCCCC2. The van der Waals surface area contributed by atoms with E-state index in [0.717, 1.165) is 97.5 Å². The third-order valence-electron chi connectivity index (χ3n) is 8.53. The van der Waals surface area contributed by atoms with E-state index in [-0.39, 0.29) is 22.5 Å². The Balaban J connectivity index is 0.000000173. The highest BCUT2D eigenvalue weighted by Gasteiger charge is 2.40. The van der Waals surface area contributed by atoms with Crippen LogP contribution in [-0.2, 0) is 38.0 Å². The van der Waals surface area contributed by atoms with Crippen LogP contribution in [0.15, 0.2) is 66.9 Å². The van der Waals surface area contributed by atoms with Gasteiger partial charge in [-0.3, -0.25) is 0 Å². The number of hydrogen-bond donors (Lipinski definition) is 0. The number of rotatable bonds is 3. The summed E-state index contributed by atoms with van der Waals surface area (Å²) in [6, 6.07) is 15.1. The van der Waals surface area contributed by atoms with Crippen molar-refractivity contribution < 1.29 is 26.3 Å². The topological polar surface area (TPSA) is 69.4 Å². The molecule has 0 unspecified atom stereocenters. The van der Waals surface area contributed by atoms with Gasteiger partial charge in [-0.2, -0.15) is 51.8 Å². The van der Waals surface area contributed by atoms with Crippen LogP contribution in [0.2, 0.25) is 5.02 Å². The summed E-state index contributed by atoms with van der Waals surface area (Å²) >= 11 is 5.84. The largest absolute Gasteiger partial charge is 0.434 e. The maximum atomic E-state index is 13.9. The van der Waals surface area contributed by atoms with E-state index in [0.29, 0.717) is 10.7 Å². The zero-order chi connectivity index (χ0) is 33.9. The smallest absolute Gasteiger partial charge is 0.228 e. The molecule has 0 aliphatic heterocycles. The Morgan fingerprint density at radius 2 is 1.12 bits per heavy atom. The Kier molecular flexibility index (Phi) is 9.82. The Morgan fingerprint density at radius 1 is 0.583 bits per heavy atom. The van der Waals surface area contributed by atoms with Crippen molar-refractivity contribution in [2.24, 2.45) is 0 Å². The van der Waals surface area contributed by atoms with Crippen molar-refractivity contribution in [1.82, 2.24) is 30.2 Å². The van der Waals surface area contributed by atoms with Gasteiger partial charge in [0, 0.05) is 10.6 Å². The van der Waals surface area contributed by atoms with E-state index in [4.69, 9.17) is 11.6 Å². The second-order valence-corrected chi connectivity index (χ2v) is 12.3. The molecule has 13 heteroatoms. The minimum atomic E-state index is -4.60. The monoisotopic (exact) mass is 684 g/mol. The Bertz CT molecular complexity index is 1880. The quantitative estimate of drug-likeness (QED) is 0.140. The highest BCUT2D eigenvalue weighted by atomic mass is 35.5. The van der Waals surface area contributed by atoms with Crippen molar-refractivity contribution in [2.45, 2.75) is 76.6 Å². The van der Waals surface area contributed by atoms with Crippen LogP contribution < -0.4 is 0 Å². The van der Waals surface area contributed by atoms with Crippen LogP contribution in [0, 0.1) is 0 Å². The maximum absolute atomic E-state index is 13.9. The van der Waals surface area contributed by atoms with E-state index >= 15 is 0 Å². The second-order valence-electron chi connectivity index (χ2n) is 11.9. The maximum Gasteiger partial charge on any atom is 0.434 e. The minimum absolute atomic E-state index is 0.0722. The summed E-state index contributed by atoms with van der Waals surface area (Å²) in [6.07, 6.45) is 1.96. The first-order valence-corrected chi connectivity index (χ1v) is 16.2. The lowest BCUT2D eigenvalue weighted by molar-refractivity contribution is -0.142. The number of hydrogen-bond acceptors (Lipinski definition) is 5. The number of aromatic nitrogens is 6. The van der Waals surface area contributed by atoms with Crippen molar-refractivity contribution in [2.75, 3.05) is 0 Å². The molecular formula is C35H31ClF6N6. The van der Waals surface area contributed by atoms with Gasteiger partial charge < -0.3 is 0 Å². The van der Waals surface area contributed by atoms with Gasteiger partial charge in [0.15, 0.2) is 5.69 Å². The van der Waals surface area contributed by atoms with Crippen LogP contribution in [0.5, 0.6) is 0 Å². The number of fused-ring (bicyclic) bond motifs is 2. The molecular weight excluding hydrogens is 654 g/mol. The van der Waals surface area contributed by atoms with Crippen molar-refractivity contribution in [3.8, 4) is 28.2 Å². The van der Waals surface area contributed by atoms with Gasteiger partial charge in [-0.1, -0.05) is 42.6 Å². The van der Waals surface area contributed by atoms with E-state index in [9.17, 15) is 26.3 Å². The fraction of sp³-hybridized carbons (Fsp3) is 0.343. The predicted octanol–water partition coefficient (Wildman–Crippen LogP) is 9.70. The van der Waals surface area contributed by atoms with Crippen LogP contribution in [0.25, 0.3) is 28.2 Å². The van der Waals surface area contributed by atoms with Gasteiger partial charge in [-0.15, -0.1) is 0 Å². The lowest BCUT2D eigenvalue weighted by Gasteiger charge is -2.13. The van der Waals surface area contributed by atoms with Gasteiger partial charge >= 0.3 is 12.4 Å². The summed E-state index contributed by atoms with van der Waals surface area (Å²) in [7, 11) is 0. The molecule has 3 heterocycles. The number of alkyl halides is 6. The van der Waals surface area contributed by atoms with E-state index in [2.05, 4.69) is 25.5 Å². The fourth-order valence-electron chi connectivity index (χ4n) is 6.14. The van der Waals surface area contributed by atoms with Crippen LogP contribution >= 0.6 is 11.6 Å². The van der Waals surface area contributed by atoms with Gasteiger partial charge in [0.1, 0.15) is 0 Å². The molecule has 0 fully saturated rings. The molecule has 0 N–H and O–H groups in total. The van der Waals surface area contributed by atoms with Gasteiger partial charge in [-0.25, -0.2) is 4.68 Å². The third-order valence-corrected chi connectivity index (χ3v) is 8.78. The number of halogens is 7. The van der Waals surface area contributed by atoms with E-state index in [1.807, 2.05) is 0 Å². The Hall–Kier alpha value is -4.32. The van der Waals surface area contributed by atoms with Crippen molar-refractivity contribution >= 4 is 11.6 Å². The molecule has 48 heavy (non-hydrogen) atoms. The summed E-state index contributed by atoms with van der Waals surface area (Å²) in [4.78, 5) is 0. The molecule has 0 saturated carbocycles. The summed E-state index contributed by atoms with van der Waals surface area (Å²) < 4.78 is 81.7. The summed E-state index contributed by atoms with van der Waals surface area (Å²) in [6.45, 7) is 0. The lowest BCUT2D eigenvalue weighted by atomic mass is 10.0. The molecule has 7 rings (SSSR count). The number of aryl methyl sites for hydroxylation is 4. The van der Waals surface area contributed by atoms with E-state index in [1.54, 1.807) is 18.2 Å². The second kappa shape index (κ2) is 14.0. The van der Waals surface area contributed by atoms with Gasteiger partial charge in [0.05, 0.1) is 45.8 Å². The van der Waals surface area contributed by atoms with Crippen LogP contribution in [0.4, 0.5) is 26.3 Å². The molecule has 0 atom stereocenters. The van der Waals surface area contributed by atoms with Gasteiger partial charge in [0.25, 0.3) is 0 Å². The molecule has 0 bridgehead atoms. The van der Waals surface area contributed by atoms with Crippen LogP contribution in [-0.4, -0.2) is 30.2 Å². The van der Waals surface area contributed by atoms with Crippen molar-refractivity contribution in [3.63, 3.8) is 0 Å². The number of benzene rings is 2. The third kappa shape index (κ3) is 7.53. The molecule has 0 saturated heterocycles. The molecule has 3 aromatic heterocycles. The summed E-state index contributed by atoms with van der Waals surface area (Å²) in [5, 5.41) is 20.9. The van der Waals surface area contributed by atoms with Gasteiger partial charge in [-0.05, 0) is 105 Å². The molecule has 2 aliphatic carbocycles. The van der Waals surface area contributed by atoms with E-state index in [1.165, 1.54) is 42.6 Å². The van der Waals surface area contributed by atoms with E-state index < -0.39 is 23.6 Å². The lowest BCUT2D eigenvalue weighted by Crippen LogP contribution is -2.15. The molecule has 0 radical (unpaired) electrons. The average molecular weight is 685 g/mol. The Labute approximate surface area is 278 Å². The van der Waals surface area contributed by atoms with Crippen molar-refractivity contribution in [1.29, 1.82) is 0 Å². The highest BCUT2D eigenvalue weighted by Crippen LogP contribution is 2.39. The predicted molar refractivity (Wildman–Crippen MR) is 170 cm³/mol. The molecule has 0 amide bonds. The van der Waals surface area contributed by atoms with Crippen molar-refractivity contribution in [3.05, 3.63) is 106 Å². The molecule has 6 nitrogen and oxygen atoms in total. The van der Waals surface area contributed by atoms with Gasteiger partial charge in [0.2, 0.25) is 0 Å². The summed E-state index contributed by atoms with van der Waals surface area (Å²) in [5.74, 6) is 0. The first kappa shape index (κ1) is 33.6. The Morgan fingerprint density at radius 3 is 1.69 bits per heavy atom. The average Bonchev–Trinajstić information content (AvgIpc) is 3.21. The molecule has 2 aromatic carbocycles. The standard InChI is InChI=1S/C19H16ClF3N4.C16H15F3N2/c20-13-6-8-14(9-7-13)27-18(19(21,22)23)15(11-24-27)17-10-12-4-2-1-3-5-16(12)25-26-17;17-16(18,19)13-8-5-4-7-12(13)15-10-11-6-2-1-3-9-14(11)20-21-15/h6-11H,1-5H2;4-5,7-8,10H,1-3,6,9H2. The normalized spacial score (nSPS) is 15.0. The minimum Gasteiger partial charge on any atom is -0.228 e. The highest BCUT2D eigenvalue weighted by molar-refractivity contribution is 6.30. The number of nitrogens with zero attached hydrogens (tertiary/aromatic N) is 6. The fourth-order valence-corrected chi connectivity index (χ4v) is 6.26. The zero-order valence-corrected chi connectivity index (χ0v) is 26.5. The van der Waals surface area contributed by atoms with Crippen LogP contribution in [0.1, 0.15) is 72.3 Å². The first-order valence-electron chi connectivity index (χ1n) is 15.8.